The average molecular weight is 397 g/mol. The molecule has 2 aromatic rings. The maximum absolute atomic E-state index is 14.0. The van der Waals surface area contributed by atoms with Gasteiger partial charge in [0.1, 0.15) is 5.82 Å². The Morgan fingerprint density at radius 1 is 1.17 bits per heavy atom. The number of hydrogen-bond acceptors (Lipinski definition) is 4. The van der Waals surface area contributed by atoms with E-state index in [9.17, 15) is 9.18 Å². The minimum Gasteiger partial charge on any atom is -0.379 e. The molecular weight excluding hydrogens is 369 g/mol. The highest BCUT2D eigenvalue weighted by Gasteiger charge is 2.25. The Labute approximate surface area is 171 Å². The number of rotatable bonds is 5. The smallest absolute Gasteiger partial charge is 0.254 e. The van der Waals surface area contributed by atoms with Crippen LogP contribution in [0, 0.1) is 5.82 Å². The predicted octanol–water partition coefficient (Wildman–Crippen LogP) is 3.01. The van der Waals surface area contributed by atoms with E-state index in [0.717, 1.165) is 32.5 Å². The third-order valence-electron chi connectivity index (χ3n) is 5.90. The number of morpholine rings is 1. The van der Waals surface area contributed by atoms with Crippen molar-refractivity contribution in [2.75, 3.05) is 51.3 Å². The number of amides is 1. The Balaban J connectivity index is 1.55. The Morgan fingerprint density at radius 3 is 2.76 bits per heavy atom. The molecule has 5 nitrogen and oxygen atoms in total. The van der Waals surface area contributed by atoms with Crippen LogP contribution in [-0.2, 0) is 11.2 Å². The van der Waals surface area contributed by atoms with E-state index in [2.05, 4.69) is 40.4 Å². The summed E-state index contributed by atoms with van der Waals surface area (Å²) in [5, 5.41) is 2.95. The second-order valence-corrected chi connectivity index (χ2v) is 7.77. The number of nitrogens with one attached hydrogen (secondary N) is 1. The zero-order valence-electron chi connectivity index (χ0n) is 16.9. The largest absolute Gasteiger partial charge is 0.379 e. The van der Waals surface area contributed by atoms with Gasteiger partial charge in [-0.25, -0.2) is 4.39 Å². The first-order valence-corrected chi connectivity index (χ1v) is 10.3. The number of benzene rings is 2. The number of hydrogen-bond donors (Lipinski definition) is 1. The van der Waals surface area contributed by atoms with Crippen LogP contribution in [-0.4, -0.2) is 57.2 Å². The van der Waals surface area contributed by atoms with Gasteiger partial charge in [-0.05, 0) is 42.2 Å². The lowest BCUT2D eigenvalue weighted by Gasteiger charge is -2.36. The van der Waals surface area contributed by atoms with Crippen molar-refractivity contribution >= 4 is 11.6 Å². The molecule has 1 amide bonds. The van der Waals surface area contributed by atoms with Crippen LogP contribution in [0.4, 0.5) is 10.1 Å². The monoisotopic (exact) mass is 397 g/mol. The molecule has 29 heavy (non-hydrogen) atoms. The molecular formula is C23H28FN3O2. The summed E-state index contributed by atoms with van der Waals surface area (Å²) in [5.41, 5.74) is 3.92. The van der Waals surface area contributed by atoms with Gasteiger partial charge in [-0.3, -0.25) is 9.69 Å². The highest BCUT2D eigenvalue weighted by Crippen LogP contribution is 2.31. The van der Waals surface area contributed by atoms with Crippen LogP contribution in [0.15, 0.2) is 42.5 Å². The number of halogens is 1. The summed E-state index contributed by atoms with van der Waals surface area (Å²) in [6.07, 6.45) is 2.23. The first kappa shape index (κ1) is 19.9. The van der Waals surface area contributed by atoms with Crippen molar-refractivity contribution in [2.24, 2.45) is 0 Å². The number of carbonyl (C=O) groups excluding carboxylic acids is 1. The number of carbonyl (C=O) groups is 1. The molecule has 2 aliphatic heterocycles. The Hall–Kier alpha value is -2.44. The first-order valence-electron chi connectivity index (χ1n) is 10.3. The van der Waals surface area contributed by atoms with Crippen LogP contribution in [0.25, 0.3) is 0 Å². The van der Waals surface area contributed by atoms with E-state index in [1.165, 1.54) is 28.9 Å². The zero-order valence-corrected chi connectivity index (χ0v) is 16.9. The molecule has 1 N–H and O–H groups in total. The molecule has 154 valence electrons. The molecule has 1 saturated heterocycles. The van der Waals surface area contributed by atoms with Crippen molar-refractivity contribution in [2.45, 2.75) is 18.9 Å². The molecule has 1 atom stereocenters. The minimum atomic E-state index is -0.496. The Bertz CT molecular complexity index is 867. The minimum absolute atomic E-state index is 0.0344. The van der Waals surface area contributed by atoms with Crippen molar-refractivity contribution in [1.82, 2.24) is 10.2 Å². The fourth-order valence-corrected chi connectivity index (χ4v) is 4.29. The van der Waals surface area contributed by atoms with Crippen LogP contribution in [0.2, 0.25) is 0 Å². The lowest BCUT2D eigenvalue weighted by Crippen LogP contribution is -2.44. The summed E-state index contributed by atoms with van der Waals surface area (Å²) in [4.78, 5) is 17.2. The Morgan fingerprint density at radius 2 is 1.97 bits per heavy atom. The van der Waals surface area contributed by atoms with Gasteiger partial charge in [-0.2, -0.15) is 0 Å². The average Bonchev–Trinajstić information content (AvgIpc) is 2.75. The molecule has 2 aliphatic rings. The molecule has 0 aliphatic carbocycles. The molecule has 2 heterocycles. The highest BCUT2D eigenvalue weighted by atomic mass is 19.1. The number of fused-ring (bicyclic) bond motifs is 1. The van der Waals surface area contributed by atoms with Gasteiger partial charge in [0.25, 0.3) is 5.91 Å². The van der Waals surface area contributed by atoms with Crippen LogP contribution in [0.5, 0.6) is 0 Å². The molecule has 2 aromatic carbocycles. The molecule has 4 rings (SSSR count). The molecule has 0 unspecified atom stereocenters. The molecule has 0 aromatic heterocycles. The zero-order chi connectivity index (χ0) is 20.2. The van der Waals surface area contributed by atoms with Gasteiger partial charge in [-0.15, -0.1) is 0 Å². The van der Waals surface area contributed by atoms with E-state index in [-0.39, 0.29) is 17.5 Å². The molecule has 0 radical (unpaired) electrons. The van der Waals surface area contributed by atoms with Crippen LogP contribution in [0.1, 0.15) is 33.9 Å². The predicted molar refractivity (Wildman–Crippen MR) is 112 cm³/mol. The summed E-state index contributed by atoms with van der Waals surface area (Å²) in [7, 11) is 2.13. The SMILES string of the molecule is CN1CCCc2cc([C@@H](CNC(=O)c3ccccc3F)N3CCOCC3)ccc21. The molecule has 1 fully saturated rings. The van der Waals surface area contributed by atoms with E-state index in [4.69, 9.17) is 4.74 Å². The van der Waals surface area contributed by atoms with Crippen molar-refractivity contribution in [3.8, 4) is 0 Å². The normalized spacial score (nSPS) is 18.2. The van der Waals surface area contributed by atoms with Gasteiger partial charge in [0.2, 0.25) is 0 Å². The quantitative estimate of drug-likeness (QED) is 0.843. The number of aryl methyl sites for hydroxylation is 1. The van der Waals surface area contributed by atoms with E-state index >= 15 is 0 Å². The van der Waals surface area contributed by atoms with E-state index < -0.39 is 5.82 Å². The molecule has 0 saturated carbocycles. The van der Waals surface area contributed by atoms with Gasteiger partial charge < -0.3 is 15.0 Å². The topological polar surface area (TPSA) is 44.8 Å². The second-order valence-electron chi connectivity index (χ2n) is 7.77. The standard InChI is InChI=1S/C23H28FN3O2/c1-26-10-4-5-17-15-18(8-9-21(17)26)22(27-11-13-29-14-12-27)16-25-23(28)19-6-2-3-7-20(19)24/h2-3,6-9,15,22H,4-5,10-14,16H2,1H3,(H,25,28)/t22-/m1/s1. The van der Waals surface area contributed by atoms with Gasteiger partial charge in [0.15, 0.2) is 0 Å². The lowest BCUT2D eigenvalue weighted by atomic mass is 9.95. The summed E-state index contributed by atoms with van der Waals surface area (Å²) >= 11 is 0. The molecule has 6 heteroatoms. The summed E-state index contributed by atoms with van der Waals surface area (Å²) in [6, 6.07) is 12.8. The number of anilines is 1. The molecule has 0 spiro atoms. The highest BCUT2D eigenvalue weighted by molar-refractivity contribution is 5.94. The summed E-state index contributed by atoms with van der Waals surface area (Å²) in [6.45, 7) is 4.52. The van der Waals surface area contributed by atoms with Crippen LogP contribution >= 0.6 is 0 Å². The second kappa shape index (κ2) is 8.93. The van der Waals surface area contributed by atoms with Crippen LogP contribution in [0.3, 0.4) is 0 Å². The van der Waals surface area contributed by atoms with E-state index in [1.54, 1.807) is 12.1 Å². The fourth-order valence-electron chi connectivity index (χ4n) is 4.29. The van der Waals surface area contributed by atoms with Gasteiger partial charge in [0.05, 0.1) is 24.8 Å². The van der Waals surface area contributed by atoms with E-state index in [1.807, 2.05) is 0 Å². The third-order valence-corrected chi connectivity index (χ3v) is 5.90. The van der Waals surface area contributed by atoms with Crippen LogP contribution < -0.4 is 10.2 Å². The number of ether oxygens (including phenoxy) is 1. The van der Waals surface area contributed by atoms with Crippen molar-refractivity contribution < 1.29 is 13.9 Å². The summed E-state index contributed by atoms with van der Waals surface area (Å²) in [5.74, 6) is -0.871. The van der Waals surface area contributed by atoms with Gasteiger partial charge >= 0.3 is 0 Å². The van der Waals surface area contributed by atoms with Gasteiger partial charge in [0, 0.05) is 38.9 Å². The van der Waals surface area contributed by atoms with E-state index in [0.29, 0.717) is 19.8 Å². The third kappa shape index (κ3) is 4.43. The number of nitrogens with zero attached hydrogens (tertiary/aromatic N) is 2. The lowest BCUT2D eigenvalue weighted by molar-refractivity contribution is 0.0162. The molecule has 0 bridgehead atoms. The Kier molecular flexibility index (Phi) is 6.11. The van der Waals surface area contributed by atoms with Gasteiger partial charge in [-0.1, -0.05) is 24.3 Å². The maximum Gasteiger partial charge on any atom is 0.254 e. The first-order chi connectivity index (χ1) is 14.1. The van der Waals surface area contributed by atoms with Crippen molar-refractivity contribution in [3.63, 3.8) is 0 Å². The fraction of sp³-hybridized carbons (Fsp3) is 0.435. The van der Waals surface area contributed by atoms with Crippen molar-refractivity contribution in [1.29, 1.82) is 0 Å². The summed E-state index contributed by atoms with van der Waals surface area (Å²) < 4.78 is 19.5. The maximum atomic E-state index is 14.0. The van der Waals surface area contributed by atoms with Crippen molar-refractivity contribution in [3.05, 3.63) is 65.0 Å².